The van der Waals surface area contributed by atoms with Gasteiger partial charge < -0.3 is 5.11 Å². The summed E-state index contributed by atoms with van der Waals surface area (Å²) in [6, 6.07) is 0. The van der Waals surface area contributed by atoms with E-state index in [1.54, 1.807) is 0 Å². The van der Waals surface area contributed by atoms with Gasteiger partial charge in [0.1, 0.15) is 0 Å². The second kappa shape index (κ2) is 14.1. The van der Waals surface area contributed by atoms with Crippen LogP contribution in [0.15, 0.2) is 0 Å². The Kier molecular flexibility index (Phi) is 14.0. The minimum absolute atomic E-state index is 0.148. The number of aliphatic hydroxyl groups is 1. The Hall–Kier alpha value is -0.130. The van der Waals surface area contributed by atoms with Gasteiger partial charge in [-0.1, -0.05) is 90.9 Å². The van der Waals surface area contributed by atoms with Crippen LogP contribution in [0.25, 0.3) is 0 Å². The predicted molar refractivity (Wildman–Crippen MR) is 102 cm³/mol. The Morgan fingerprint density at radius 3 is 1.21 bits per heavy atom. The molecule has 0 atom stereocenters. The van der Waals surface area contributed by atoms with Gasteiger partial charge in [-0.3, -0.25) is 4.55 Å². The summed E-state index contributed by atoms with van der Waals surface area (Å²) in [6.45, 7) is 4.35. The van der Waals surface area contributed by atoms with Crippen molar-refractivity contribution >= 4 is 10.1 Å². The van der Waals surface area contributed by atoms with E-state index in [1.165, 1.54) is 38.5 Å². The van der Waals surface area contributed by atoms with Gasteiger partial charge in [0.05, 0.1) is 0 Å². The van der Waals surface area contributed by atoms with Crippen molar-refractivity contribution in [3.05, 3.63) is 0 Å². The zero-order valence-electron chi connectivity index (χ0n) is 15.9. The average molecular weight is 365 g/mol. The summed E-state index contributed by atoms with van der Waals surface area (Å²) in [4.78, 5) is -1.94. The van der Waals surface area contributed by atoms with E-state index in [0.717, 1.165) is 38.5 Å². The molecule has 0 saturated carbocycles. The molecule has 0 fully saturated rings. The molecule has 24 heavy (non-hydrogen) atoms. The lowest BCUT2D eigenvalue weighted by Crippen LogP contribution is -2.38. The molecule has 0 amide bonds. The molecule has 2 N–H and O–H groups in total. The third-order valence-electron chi connectivity index (χ3n) is 4.82. The van der Waals surface area contributed by atoms with Crippen molar-refractivity contribution in [2.75, 3.05) is 0 Å². The largest absolute Gasteiger partial charge is 0.372 e. The molecule has 0 bridgehead atoms. The van der Waals surface area contributed by atoms with E-state index in [4.69, 9.17) is 0 Å². The van der Waals surface area contributed by atoms with Gasteiger partial charge in [-0.25, -0.2) is 0 Å². The Morgan fingerprint density at radius 1 is 0.625 bits per heavy atom. The topological polar surface area (TPSA) is 74.6 Å². The van der Waals surface area contributed by atoms with Crippen LogP contribution in [-0.2, 0) is 10.1 Å². The third kappa shape index (κ3) is 11.4. The standard InChI is InChI=1S/C19H40O4S/c1-3-5-7-9-11-13-15-17-19(20,24(21,22)23)18-16-14-12-10-8-6-4-2/h20H,3-18H2,1-2H3,(H,21,22,23). The first-order valence-corrected chi connectivity index (χ1v) is 11.5. The fraction of sp³-hybridized carbons (Fsp3) is 1.00. The Morgan fingerprint density at radius 2 is 0.917 bits per heavy atom. The van der Waals surface area contributed by atoms with Crippen LogP contribution < -0.4 is 0 Å². The van der Waals surface area contributed by atoms with Crippen molar-refractivity contribution in [3.8, 4) is 0 Å². The molecule has 0 aromatic heterocycles. The molecule has 0 saturated heterocycles. The van der Waals surface area contributed by atoms with Gasteiger partial charge in [0, 0.05) is 0 Å². The van der Waals surface area contributed by atoms with Crippen LogP contribution in [0.1, 0.15) is 117 Å². The molecule has 4 nitrogen and oxygen atoms in total. The second-order valence-electron chi connectivity index (χ2n) is 7.16. The molecule has 0 aliphatic heterocycles. The van der Waals surface area contributed by atoms with Crippen molar-refractivity contribution < 1.29 is 18.1 Å². The fourth-order valence-corrected chi connectivity index (χ4v) is 3.90. The smallest absolute Gasteiger partial charge is 0.294 e. The summed E-state index contributed by atoms with van der Waals surface area (Å²) < 4.78 is 32.5. The molecule has 0 aromatic carbocycles. The highest BCUT2D eigenvalue weighted by Gasteiger charge is 2.39. The van der Waals surface area contributed by atoms with Crippen LogP contribution in [0.4, 0.5) is 0 Å². The van der Waals surface area contributed by atoms with Gasteiger partial charge in [0.25, 0.3) is 10.1 Å². The van der Waals surface area contributed by atoms with E-state index >= 15 is 0 Å². The molecule has 0 rings (SSSR count). The van der Waals surface area contributed by atoms with Gasteiger partial charge in [-0.05, 0) is 25.7 Å². The van der Waals surface area contributed by atoms with Crippen LogP contribution in [0.2, 0.25) is 0 Å². The van der Waals surface area contributed by atoms with Gasteiger partial charge in [-0.15, -0.1) is 0 Å². The minimum atomic E-state index is -4.41. The first-order valence-electron chi connectivity index (χ1n) is 10.1. The normalized spacial score (nSPS) is 12.7. The molecule has 0 heterocycles. The van der Waals surface area contributed by atoms with E-state index in [2.05, 4.69) is 13.8 Å². The monoisotopic (exact) mass is 364 g/mol. The summed E-state index contributed by atoms with van der Waals surface area (Å²) in [7, 11) is -4.41. The molecule has 0 unspecified atom stereocenters. The summed E-state index contributed by atoms with van der Waals surface area (Å²) in [5, 5.41) is 10.4. The summed E-state index contributed by atoms with van der Waals surface area (Å²) in [6.07, 6.45) is 15.2. The maximum Gasteiger partial charge on any atom is 0.294 e. The van der Waals surface area contributed by atoms with Crippen molar-refractivity contribution in [1.82, 2.24) is 0 Å². The predicted octanol–water partition coefficient (Wildman–Crippen LogP) is 5.84. The molecule has 146 valence electrons. The maximum atomic E-state index is 11.6. The third-order valence-corrected chi connectivity index (χ3v) is 6.19. The number of unbranched alkanes of at least 4 members (excludes halogenated alkanes) is 12. The zero-order chi connectivity index (χ0) is 18.3. The lowest BCUT2D eigenvalue weighted by molar-refractivity contribution is 0.0884. The molecular weight excluding hydrogens is 324 g/mol. The fourth-order valence-electron chi connectivity index (χ4n) is 3.10. The summed E-state index contributed by atoms with van der Waals surface area (Å²) in [5.74, 6) is 0. The van der Waals surface area contributed by atoms with Crippen LogP contribution >= 0.6 is 0 Å². The van der Waals surface area contributed by atoms with Crippen LogP contribution in [-0.4, -0.2) is 23.0 Å². The van der Waals surface area contributed by atoms with E-state index in [1.807, 2.05) is 0 Å². The van der Waals surface area contributed by atoms with Crippen molar-refractivity contribution in [2.24, 2.45) is 0 Å². The number of hydrogen-bond donors (Lipinski definition) is 2. The lowest BCUT2D eigenvalue weighted by Gasteiger charge is -2.24. The number of rotatable bonds is 17. The van der Waals surface area contributed by atoms with Crippen molar-refractivity contribution in [2.45, 2.75) is 122 Å². The van der Waals surface area contributed by atoms with Crippen molar-refractivity contribution in [1.29, 1.82) is 0 Å². The van der Waals surface area contributed by atoms with E-state index in [9.17, 15) is 18.1 Å². The quantitative estimate of drug-likeness (QED) is 0.251. The van der Waals surface area contributed by atoms with E-state index in [-0.39, 0.29) is 12.8 Å². The zero-order valence-corrected chi connectivity index (χ0v) is 16.7. The van der Waals surface area contributed by atoms with E-state index < -0.39 is 15.1 Å². The SMILES string of the molecule is CCCCCCCCCC(O)(CCCCCCCCC)S(=O)(=O)O. The Bertz CT molecular complexity index is 361. The molecule has 0 spiro atoms. The molecule has 0 aromatic rings. The van der Waals surface area contributed by atoms with Crippen molar-refractivity contribution in [3.63, 3.8) is 0 Å². The highest BCUT2D eigenvalue weighted by Crippen LogP contribution is 2.28. The van der Waals surface area contributed by atoms with E-state index in [0.29, 0.717) is 12.8 Å². The average Bonchev–Trinajstić information content (AvgIpc) is 2.52. The lowest BCUT2D eigenvalue weighted by atomic mass is 10.0. The molecule has 5 heteroatoms. The minimum Gasteiger partial charge on any atom is -0.372 e. The highest BCUT2D eigenvalue weighted by molar-refractivity contribution is 7.87. The first kappa shape index (κ1) is 23.9. The molecular formula is C19H40O4S. The number of hydrogen-bond acceptors (Lipinski definition) is 3. The van der Waals surface area contributed by atoms with Gasteiger partial charge >= 0.3 is 0 Å². The van der Waals surface area contributed by atoms with Gasteiger partial charge in [0.2, 0.25) is 0 Å². The second-order valence-corrected chi connectivity index (χ2v) is 8.87. The first-order chi connectivity index (χ1) is 11.4. The Labute approximate surface area is 150 Å². The van der Waals surface area contributed by atoms with Gasteiger partial charge in [0.15, 0.2) is 4.93 Å². The molecule has 0 aliphatic rings. The van der Waals surface area contributed by atoms with Crippen LogP contribution in [0.5, 0.6) is 0 Å². The van der Waals surface area contributed by atoms with Crippen LogP contribution in [0, 0.1) is 0 Å². The summed E-state index contributed by atoms with van der Waals surface area (Å²) >= 11 is 0. The molecule has 0 radical (unpaired) electrons. The molecule has 0 aliphatic carbocycles. The van der Waals surface area contributed by atoms with Crippen LogP contribution in [0.3, 0.4) is 0 Å². The highest BCUT2D eigenvalue weighted by atomic mass is 32.2. The Balaban J connectivity index is 4.01. The summed E-state index contributed by atoms with van der Waals surface area (Å²) in [5.41, 5.74) is 0. The maximum absolute atomic E-state index is 11.6. The van der Waals surface area contributed by atoms with Gasteiger partial charge in [-0.2, -0.15) is 8.42 Å².